The third-order valence-corrected chi connectivity index (χ3v) is 2.20. The molecule has 1 aliphatic rings. The maximum absolute atomic E-state index is 11.5. The molecule has 0 saturated carbocycles. The van der Waals surface area contributed by atoms with E-state index in [1.807, 2.05) is 12.1 Å². The molecule has 5 nitrogen and oxygen atoms in total. The van der Waals surface area contributed by atoms with Gasteiger partial charge in [0.1, 0.15) is 5.75 Å². The lowest BCUT2D eigenvalue weighted by molar-refractivity contribution is -0.120. The van der Waals surface area contributed by atoms with E-state index in [2.05, 4.69) is 10.3 Å². The number of carbonyl (C=O) groups is 1. The number of ether oxygens (including phenoxy) is 1. The van der Waals surface area contributed by atoms with Crippen LogP contribution in [0.1, 0.15) is 11.6 Å². The van der Waals surface area contributed by atoms with E-state index < -0.39 is 6.04 Å². The Labute approximate surface area is 86.9 Å². The Kier molecular flexibility index (Phi) is 2.29. The van der Waals surface area contributed by atoms with Crippen LogP contribution >= 0.6 is 0 Å². The highest BCUT2D eigenvalue weighted by atomic mass is 16.5. The molecule has 1 aromatic rings. The normalized spacial score (nSPS) is 19.7. The Morgan fingerprint density at radius 1 is 1.47 bits per heavy atom. The fourth-order valence-corrected chi connectivity index (χ4v) is 1.53. The molecule has 3 N–H and O–H groups in total. The minimum absolute atomic E-state index is 0.149. The van der Waals surface area contributed by atoms with Gasteiger partial charge in [-0.3, -0.25) is 10.1 Å². The highest BCUT2D eigenvalue weighted by Crippen LogP contribution is 2.29. The highest BCUT2D eigenvalue weighted by Gasteiger charge is 2.28. The number of hydrogen-bond donors (Lipinski definition) is 2. The van der Waals surface area contributed by atoms with Crippen molar-refractivity contribution < 1.29 is 9.53 Å². The lowest BCUT2D eigenvalue weighted by atomic mass is 10.1. The van der Waals surface area contributed by atoms with Gasteiger partial charge < -0.3 is 10.5 Å². The fraction of sp³-hybridized carbons (Fsp3) is 0.200. The highest BCUT2D eigenvalue weighted by molar-refractivity contribution is 6.04. The van der Waals surface area contributed by atoms with Crippen LogP contribution in [0.25, 0.3) is 0 Å². The number of para-hydroxylation sites is 1. The zero-order valence-electron chi connectivity index (χ0n) is 8.23. The molecule has 15 heavy (non-hydrogen) atoms. The van der Waals surface area contributed by atoms with Gasteiger partial charge in [0.05, 0.1) is 7.11 Å². The van der Waals surface area contributed by atoms with Crippen LogP contribution in [-0.4, -0.2) is 19.0 Å². The predicted molar refractivity (Wildman–Crippen MR) is 55.5 cm³/mol. The van der Waals surface area contributed by atoms with E-state index in [0.717, 1.165) is 5.56 Å². The van der Waals surface area contributed by atoms with Crippen molar-refractivity contribution >= 4 is 11.9 Å². The zero-order valence-corrected chi connectivity index (χ0v) is 8.23. The van der Waals surface area contributed by atoms with Crippen molar-refractivity contribution in [2.45, 2.75) is 6.04 Å². The van der Waals surface area contributed by atoms with Gasteiger partial charge in [0.25, 0.3) is 5.91 Å². The first-order valence-electron chi connectivity index (χ1n) is 4.49. The summed E-state index contributed by atoms with van der Waals surface area (Å²) in [5, 5.41) is 2.45. The smallest absolute Gasteiger partial charge is 0.256 e. The predicted octanol–water partition coefficient (Wildman–Crippen LogP) is 0.181. The summed E-state index contributed by atoms with van der Waals surface area (Å²) in [5.74, 6) is 0.559. The fourth-order valence-electron chi connectivity index (χ4n) is 1.53. The van der Waals surface area contributed by atoms with Gasteiger partial charge in [-0.15, -0.1) is 0 Å². The van der Waals surface area contributed by atoms with Gasteiger partial charge in [0, 0.05) is 5.56 Å². The number of nitrogens with zero attached hydrogens (tertiary/aromatic N) is 1. The van der Waals surface area contributed by atoms with Crippen LogP contribution < -0.4 is 15.8 Å². The van der Waals surface area contributed by atoms with Gasteiger partial charge in [-0.25, -0.2) is 4.99 Å². The molecule has 1 unspecified atom stereocenters. The third kappa shape index (κ3) is 1.63. The van der Waals surface area contributed by atoms with E-state index in [9.17, 15) is 4.79 Å². The van der Waals surface area contributed by atoms with Gasteiger partial charge in [-0.2, -0.15) is 0 Å². The number of nitrogens with one attached hydrogen (secondary N) is 1. The van der Waals surface area contributed by atoms with E-state index in [1.54, 1.807) is 19.2 Å². The number of methoxy groups -OCH3 is 1. The second kappa shape index (κ2) is 3.61. The van der Waals surface area contributed by atoms with E-state index in [-0.39, 0.29) is 11.9 Å². The SMILES string of the molecule is COc1ccccc1C1N=C(N)NC1=O. The van der Waals surface area contributed by atoms with Crippen LogP contribution in [0, 0.1) is 0 Å². The summed E-state index contributed by atoms with van der Waals surface area (Å²) < 4.78 is 5.15. The Balaban J connectivity index is 2.41. The first kappa shape index (κ1) is 9.51. The van der Waals surface area contributed by atoms with Gasteiger partial charge in [-0.1, -0.05) is 18.2 Å². The summed E-state index contributed by atoms with van der Waals surface area (Å²) in [7, 11) is 1.55. The quantitative estimate of drug-likeness (QED) is 0.723. The summed E-state index contributed by atoms with van der Waals surface area (Å²) in [6, 6.07) is 6.65. The third-order valence-electron chi connectivity index (χ3n) is 2.20. The van der Waals surface area contributed by atoms with Crippen molar-refractivity contribution in [2.24, 2.45) is 10.7 Å². The van der Waals surface area contributed by atoms with Gasteiger partial charge >= 0.3 is 0 Å². The molecule has 1 heterocycles. The van der Waals surface area contributed by atoms with Gasteiger partial charge in [0.15, 0.2) is 12.0 Å². The van der Waals surface area contributed by atoms with E-state index in [4.69, 9.17) is 10.5 Å². The maximum Gasteiger partial charge on any atom is 0.256 e. The van der Waals surface area contributed by atoms with Crippen LogP contribution in [0.4, 0.5) is 0 Å². The molecular formula is C10H11N3O2. The Hall–Kier alpha value is -2.04. The van der Waals surface area contributed by atoms with Crippen LogP contribution in [0.3, 0.4) is 0 Å². The van der Waals surface area contributed by atoms with E-state index >= 15 is 0 Å². The molecule has 0 saturated heterocycles. The van der Waals surface area contributed by atoms with Crippen molar-refractivity contribution in [1.82, 2.24) is 5.32 Å². The van der Waals surface area contributed by atoms with Crippen molar-refractivity contribution in [3.63, 3.8) is 0 Å². The first-order valence-corrected chi connectivity index (χ1v) is 4.49. The molecule has 1 aromatic carbocycles. The Morgan fingerprint density at radius 2 is 2.20 bits per heavy atom. The Bertz CT molecular complexity index is 428. The summed E-state index contributed by atoms with van der Waals surface area (Å²) in [6.45, 7) is 0. The second-order valence-electron chi connectivity index (χ2n) is 3.15. The van der Waals surface area contributed by atoms with Crippen molar-refractivity contribution in [3.05, 3.63) is 29.8 Å². The molecule has 0 bridgehead atoms. The van der Waals surface area contributed by atoms with Crippen molar-refractivity contribution in [1.29, 1.82) is 0 Å². The lowest BCUT2D eigenvalue weighted by Crippen LogP contribution is -2.31. The summed E-state index contributed by atoms with van der Waals surface area (Å²) in [4.78, 5) is 15.5. The summed E-state index contributed by atoms with van der Waals surface area (Å²) in [5.41, 5.74) is 6.14. The van der Waals surface area contributed by atoms with Crippen LogP contribution in [0.2, 0.25) is 0 Å². The van der Waals surface area contributed by atoms with E-state index in [0.29, 0.717) is 5.75 Å². The monoisotopic (exact) mass is 205 g/mol. The number of amides is 1. The molecule has 1 aliphatic heterocycles. The van der Waals surface area contributed by atoms with E-state index in [1.165, 1.54) is 0 Å². The topological polar surface area (TPSA) is 76.7 Å². The molecule has 0 spiro atoms. The first-order chi connectivity index (χ1) is 7.22. The molecule has 0 aromatic heterocycles. The second-order valence-corrected chi connectivity index (χ2v) is 3.15. The largest absolute Gasteiger partial charge is 0.496 e. The minimum atomic E-state index is -0.596. The molecule has 0 fully saturated rings. The average molecular weight is 205 g/mol. The van der Waals surface area contributed by atoms with Gasteiger partial charge in [0.2, 0.25) is 0 Å². The average Bonchev–Trinajstić information content (AvgIpc) is 2.57. The lowest BCUT2D eigenvalue weighted by Gasteiger charge is -2.09. The number of benzene rings is 1. The summed E-state index contributed by atoms with van der Waals surface area (Å²) in [6.07, 6.45) is 0. The maximum atomic E-state index is 11.5. The van der Waals surface area contributed by atoms with Crippen LogP contribution in [0.5, 0.6) is 5.75 Å². The number of guanidine groups is 1. The van der Waals surface area contributed by atoms with Crippen LogP contribution in [0.15, 0.2) is 29.3 Å². The Morgan fingerprint density at radius 3 is 2.80 bits per heavy atom. The molecule has 0 radical (unpaired) electrons. The van der Waals surface area contributed by atoms with Crippen molar-refractivity contribution in [3.8, 4) is 5.75 Å². The number of nitrogens with two attached hydrogens (primary N) is 1. The number of aliphatic imine (C=N–C) groups is 1. The molecule has 78 valence electrons. The molecule has 0 aliphatic carbocycles. The number of rotatable bonds is 2. The van der Waals surface area contributed by atoms with Crippen molar-refractivity contribution in [2.75, 3.05) is 7.11 Å². The number of carbonyl (C=O) groups excluding carboxylic acids is 1. The molecule has 1 amide bonds. The molecular weight excluding hydrogens is 194 g/mol. The molecule has 5 heteroatoms. The van der Waals surface area contributed by atoms with Gasteiger partial charge in [-0.05, 0) is 6.07 Å². The molecule has 2 rings (SSSR count). The molecule has 1 atom stereocenters. The van der Waals surface area contributed by atoms with Crippen LogP contribution in [-0.2, 0) is 4.79 Å². The standard InChI is InChI=1S/C10H11N3O2/c1-15-7-5-3-2-4-6(7)8-9(14)13-10(11)12-8/h2-5,8H,1H3,(H3,11,12,13,14). The minimum Gasteiger partial charge on any atom is -0.496 e. The number of hydrogen-bond acceptors (Lipinski definition) is 4. The zero-order chi connectivity index (χ0) is 10.8. The summed E-state index contributed by atoms with van der Waals surface area (Å²) >= 11 is 0.